The Morgan fingerprint density at radius 3 is 2.12 bits per heavy atom. The SMILES string of the molecule is CCC[C@@H](NC(=O)[C@@H]1[C@@H](C2CCCCC2)CN1C(=O)[C@@H](NC(=O)[C@@H](NC(=O)c1cnccn1)C1CCCCC1)C(C)(C)C)C(=O)C(=O)NC1CC1. The number of likely N-dealkylation sites (tertiary alicyclic amines) is 1. The lowest BCUT2D eigenvalue weighted by atomic mass is 9.70. The Labute approximate surface area is 301 Å². The molecule has 1 aromatic heterocycles. The summed E-state index contributed by atoms with van der Waals surface area (Å²) in [6.45, 7) is 7.86. The molecule has 13 nitrogen and oxygen atoms in total. The molecule has 5 atom stereocenters. The van der Waals surface area contributed by atoms with Gasteiger partial charge in [-0.3, -0.25) is 33.8 Å². The average molecular weight is 708 g/mol. The van der Waals surface area contributed by atoms with E-state index < -0.39 is 59.0 Å². The van der Waals surface area contributed by atoms with E-state index in [1.54, 1.807) is 4.90 Å². The molecule has 1 saturated heterocycles. The first-order valence-corrected chi connectivity index (χ1v) is 19.2. The number of aromatic nitrogens is 2. The predicted octanol–water partition coefficient (Wildman–Crippen LogP) is 3.23. The first-order chi connectivity index (χ1) is 24.4. The van der Waals surface area contributed by atoms with Gasteiger partial charge in [-0.15, -0.1) is 0 Å². The van der Waals surface area contributed by atoms with Crippen molar-refractivity contribution in [2.24, 2.45) is 23.2 Å². The summed E-state index contributed by atoms with van der Waals surface area (Å²) in [5, 5.41) is 11.5. The van der Waals surface area contributed by atoms with Gasteiger partial charge < -0.3 is 26.2 Å². The molecule has 1 aromatic rings. The molecule has 51 heavy (non-hydrogen) atoms. The highest BCUT2D eigenvalue weighted by Crippen LogP contribution is 2.41. The molecule has 5 amide bonds. The number of rotatable bonds is 14. The Bertz CT molecular complexity index is 1420. The van der Waals surface area contributed by atoms with Crippen molar-refractivity contribution in [2.45, 2.75) is 148 Å². The molecule has 0 radical (unpaired) electrons. The molecular weight excluding hydrogens is 650 g/mol. The second-order valence-electron chi connectivity index (χ2n) is 16.2. The highest BCUT2D eigenvalue weighted by Gasteiger charge is 2.53. The van der Waals surface area contributed by atoms with E-state index >= 15 is 0 Å². The maximum absolute atomic E-state index is 14.6. The number of hydrogen-bond donors (Lipinski definition) is 4. The summed E-state index contributed by atoms with van der Waals surface area (Å²) >= 11 is 0. The summed E-state index contributed by atoms with van der Waals surface area (Å²) in [4.78, 5) is 91.6. The number of nitrogens with zero attached hydrogens (tertiary/aromatic N) is 3. The van der Waals surface area contributed by atoms with E-state index in [9.17, 15) is 28.8 Å². The van der Waals surface area contributed by atoms with Crippen molar-refractivity contribution >= 4 is 35.3 Å². The van der Waals surface area contributed by atoms with Gasteiger partial charge in [0, 0.05) is 30.9 Å². The number of carbonyl (C=O) groups excluding carboxylic acids is 6. The summed E-state index contributed by atoms with van der Waals surface area (Å²) in [6.07, 6.45) is 16.5. The van der Waals surface area contributed by atoms with Crippen LogP contribution in [0, 0.1) is 23.2 Å². The third kappa shape index (κ3) is 9.71. The van der Waals surface area contributed by atoms with Crippen molar-refractivity contribution in [3.63, 3.8) is 0 Å². The van der Waals surface area contributed by atoms with Gasteiger partial charge in [-0.05, 0) is 49.4 Å². The van der Waals surface area contributed by atoms with Gasteiger partial charge in [0.15, 0.2) is 0 Å². The van der Waals surface area contributed by atoms with Gasteiger partial charge in [0.1, 0.15) is 23.8 Å². The molecule has 13 heteroatoms. The Balaban J connectivity index is 1.36. The Hall–Kier alpha value is -3.90. The van der Waals surface area contributed by atoms with Crippen LogP contribution < -0.4 is 21.3 Å². The second-order valence-corrected chi connectivity index (χ2v) is 16.2. The van der Waals surface area contributed by atoms with Crippen LogP contribution in [0.25, 0.3) is 0 Å². The molecule has 4 aliphatic rings. The molecule has 1 aliphatic heterocycles. The Morgan fingerprint density at radius 1 is 0.863 bits per heavy atom. The summed E-state index contributed by atoms with van der Waals surface area (Å²) in [5.74, 6) is -3.08. The van der Waals surface area contributed by atoms with Crippen LogP contribution in [0.1, 0.15) is 128 Å². The number of nitrogens with one attached hydrogen (secondary N) is 4. The van der Waals surface area contributed by atoms with Crippen LogP contribution in [0.3, 0.4) is 0 Å². The average Bonchev–Trinajstić information content (AvgIpc) is 3.93. The largest absolute Gasteiger partial charge is 0.347 e. The lowest BCUT2D eigenvalue weighted by Crippen LogP contribution is -2.71. The van der Waals surface area contributed by atoms with E-state index in [0.29, 0.717) is 19.4 Å². The minimum atomic E-state index is -0.996. The molecular formula is C38H57N7O6. The van der Waals surface area contributed by atoms with E-state index in [1.165, 1.54) is 18.6 Å². The van der Waals surface area contributed by atoms with E-state index in [2.05, 4.69) is 31.2 Å². The van der Waals surface area contributed by atoms with Crippen molar-refractivity contribution in [2.75, 3.05) is 6.54 Å². The number of hydrogen-bond acceptors (Lipinski definition) is 8. The first-order valence-electron chi connectivity index (χ1n) is 19.2. The normalized spacial score (nSPS) is 23.2. The molecule has 5 rings (SSSR count). The highest BCUT2D eigenvalue weighted by molar-refractivity contribution is 6.38. The molecule has 0 aromatic carbocycles. The van der Waals surface area contributed by atoms with Crippen molar-refractivity contribution in [3.8, 4) is 0 Å². The monoisotopic (exact) mass is 707 g/mol. The lowest BCUT2D eigenvalue weighted by Gasteiger charge is -2.53. The van der Waals surface area contributed by atoms with Crippen molar-refractivity contribution in [1.29, 1.82) is 0 Å². The Morgan fingerprint density at radius 2 is 1.53 bits per heavy atom. The quantitative estimate of drug-likeness (QED) is 0.213. The minimum Gasteiger partial charge on any atom is -0.347 e. The van der Waals surface area contributed by atoms with E-state index in [4.69, 9.17) is 0 Å². The molecule has 0 spiro atoms. The maximum atomic E-state index is 14.6. The third-order valence-corrected chi connectivity index (χ3v) is 11.2. The number of Topliss-reactive ketones (excluding diaryl/α,β-unsaturated/α-hetero) is 1. The van der Waals surface area contributed by atoms with Gasteiger partial charge in [-0.1, -0.05) is 85.5 Å². The maximum Gasteiger partial charge on any atom is 0.289 e. The molecule has 280 valence electrons. The summed E-state index contributed by atoms with van der Waals surface area (Å²) < 4.78 is 0. The van der Waals surface area contributed by atoms with Crippen LogP contribution in [0.5, 0.6) is 0 Å². The third-order valence-electron chi connectivity index (χ3n) is 11.2. The van der Waals surface area contributed by atoms with Gasteiger partial charge in [-0.2, -0.15) is 0 Å². The van der Waals surface area contributed by atoms with E-state index in [1.807, 2.05) is 27.7 Å². The minimum absolute atomic E-state index is 0.0115. The smallest absolute Gasteiger partial charge is 0.289 e. The van der Waals surface area contributed by atoms with Crippen LogP contribution >= 0.6 is 0 Å². The molecule has 0 unspecified atom stereocenters. The highest BCUT2D eigenvalue weighted by atomic mass is 16.2. The fourth-order valence-corrected chi connectivity index (χ4v) is 8.07. The van der Waals surface area contributed by atoms with Crippen LogP contribution in [0.15, 0.2) is 18.6 Å². The van der Waals surface area contributed by atoms with Gasteiger partial charge in [-0.25, -0.2) is 4.98 Å². The van der Waals surface area contributed by atoms with Gasteiger partial charge in [0.2, 0.25) is 23.5 Å². The van der Waals surface area contributed by atoms with E-state index in [0.717, 1.165) is 77.0 Å². The fourth-order valence-electron chi connectivity index (χ4n) is 8.07. The van der Waals surface area contributed by atoms with Crippen LogP contribution in [-0.2, 0) is 24.0 Å². The van der Waals surface area contributed by atoms with Crippen LogP contribution in [0.2, 0.25) is 0 Å². The first kappa shape index (κ1) is 38.3. The summed E-state index contributed by atoms with van der Waals surface area (Å²) in [5.41, 5.74) is -0.639. The molecule has 3 saturated carbocycles. The second kappa shape index (κ2) is 17.1. The summed E-state index contributed by atoms with van der Waals surface area (Å²) in [6, 6.07) is -3.68. The Kier molecular flexibility index (Phi) is 12.8. The number of carbonyl (C=O) groups is 6. The molecule has 4 N–H and O–H groups in total. The standard InChI is InChI=1S/C38H57N7O6/c1-5-12-27(31(46)36(50)41-25-17-18-25)42-35(49)30-26(23-13-8-6-9-14-23)22-45(30)37(51)32(38(2,3)4)44-34(48)29(24-15-10-7-11-16-24)43-33(47)28-21-39-19-20-40-28/h19-21,23-27,29-30,32H,5-18,22H2,1-4H3,(H,41,50)(H,42,49)(H,43,47)(H,44,48)/t26-,27-,29+,30+,32-/m1/s1. The molecule has 0 bridgehead atoms. The number of amides is 5. The van der Waals surface area contributed by atoms with E-state index in [-0.39, 0.29) is 35.4 Å². The van der Waals surface area contributed by atoms with Crippen molar-refractivity contribution < 1.29 is 28.8 Å². The van der Waals surface area contributed by atoms with Gasteiger partial charge in [0.25, 0.3) is 11.8 Å². The molecule has 4 fully saturated rings. The predicted molar refractivity (Wildman–Crippen MR) is 190 cm³/mol. The molecule has 2 heterocycles. The van der Waals surface area contributed by atoms with Gasteiger partial charge in [0.05, 0.1) is 12.2 Å². The topological polar surface area (TPSA) is 180 Å². The zero-order valence-corrected chi connectivity index (χ0v) is 30.7. The zero-order chi connectivity index (χ0) is 36.7. The van der Waals surface area contributed by atoms with Gasteiger partial charge >= 0.3 is 0 Å². The number of ketones is 1. The van der Waals surface area contributed by atoms with Crippen molar-refractivity contribution in [3.05, 3.63) is 24.3 Å². The lowest BCUT2D eigenvalue weighted by molar-refractivity contribution is -0.162. The van der Waals surface area contributed by atoms with Crippen molar-refractivity contribution in [1.82, 2.24) is 36.1 Å². The molecule has 3 aliphatic carbocycles. The van der Waals surface area contributed by atoms with Crippen LogP contribution in [0.4, 0.5) is 0 Å². The summed E-state index contributed by atoms with van der Waals surface area (Å²) in [7, 11) is 0. The fraction of sp³-hybridized carbons (Fsp3) is 0.737. The van der Waals surface area contributed by atoms with Crippen LogP contribution in [-0.4, -0.2) is 86.9 Å². The zero-order valence-electron chi connectivity index (χ0n) is 30.7.